The van der Waals surface area contributed by atoms with E-state index in [1.165, 1.54) is 18.2 Å². The maximum absolute atomic E-state index is 11.9. The third-order valence-electron chi connectivity index (χ3n) is 2.61. The van der Waals surface area contributed by atoms with Gasteiger partial charge in [-0.3, -0.25) is 14.9 Å². The minimum Gasteiger partial charge on any atom is -0.328 e. The van der Waals surface area contributed by atoms with Crippen LogP contribution in [0.3, 0.4) is 0 Å². The Balaban J connectivity index is 2.73. The molecule has 5 nitrogen and oxygen atoms in total. The number of terminal acetylenes is 1. The smallest absolute Gasteiger partial charge is 0.269 e. The lowest BCUT2D eigenvalue weighted by atomic mass is 10.2. The van der Waals surface area contributed by atoms with Crippen LogP contribution in [0.1, 0.15) is 18.9 Å². The number of non-ortho nitro benzene ring substituents is 1. The Bertz CT molecular complexity index is 541. The number of nitro groups is 1. The highest BCUT2D eigenvalue weighted by molar-refractivity contribution is 5.92. The molecule has 1 aromatic rings. The average molecular weight is 272 g/mol. The number of hydrogen-bond donors (Lipinski definition) is 0. The van der Waals surface area contributed by atoms with Gasteiger partial charge in [-0.25, -0.2) is 0 Å². The third kappa shape index (κ3) is 4.58. The predicted octanol–water partition coefficient (Wildman–Crippen LogP) is 2.48. The molecule has 5 heteroatoms. The van der Waals surface area contributed by atoms with Gasteiger partial charge in [0.15, 0.2) is 0 Å². The summed E-state index contributed by atoms with van der Waals surface area (Å²) in [6, 6.07) is 5.98. The molecule has 0 atom stereocenters. The summed E-state index contributed by atoms with van der Waals surface area (Å²) >= 11 is 0. The normalized spacial score (nSPS) is 10.2. The van der Waals surface area contributed by atoms with Gasteiger partial charge < -0.3 is 4.90 Å². The fourth-order valence-electron chi connectivity index (χ4n) is 1.63. The molecule has 0 heterocycles. The maximum Gasteiger partial charge on any atom is 0.269 e. The first-order valence-corrected chi connectivity index (χ1v) is 6.23. The fourth-order valence-corrected chi connectivity index (χ4v) is 1.63. The van der Waals surface area contributed by atoms with Gasteiger partial charge >= 0.3 is 0 Å². The predicted molar refractivity (Wildman–Crippen MR) is 77.8 cm³/mol. The van der Waals surface area contributed by atoms with Crippen LogP contribution in [0.4, 0.5) is 5.69 Å². The van der Waals surface area contributed by atoms with Crippen molar-refractivity contribution in [2.45, 2.75) is 13.3 Å². The van der Waals surface area contributed by atoms with Gasteiger partial charge in [0.1, 0.15) is 0 Å². The number of carbonyl (C=O) groups is 1. The van der Waals surface area contributed by atoms with Gasteiger partial charge in [0, 0.05) is 24.8 Å². The Morgan fingerprint density at radius 3 is 2.60 bits per heavy atom. The number of benzene rings is 1. The van der Waals surface area contributed by atoms with E-state index in [0.717, 1.165) is 12.0 Å². The molecule has 20 heavy (non-hydrogen) atoms. The van der Waals surface area contributed by atoms with E-state index < -0.39 is 4.92 Å². The van der Waals surface area contributed by atoms with Gasteiger partial charge in [-0.1, -0.05) is 12.8 Å². The van der Waals surface area contributed by atoms with Crippen LogP contribution in [0.15, 0.2) is 30.3 Å². The first-order chi connectivity index (χ1) is 9.58. The maximum atomic E-state index is 11.9. The van der Waals surface area contributed by atoms with Gasteiger partial charge in [0.05, 0.1) is 11.5 Å². The van der Waals surface area contributed by atoms with Crippen molar-refractivity contribution in [1.82, 2.24) is 4.90 Å². The lowest BCUT2D eigenvalue weighted by Crippen LogP contribution is -2.30. The molecule has 0 saturated heterocycles. The molecule has 0 aliphatic carbocycles. The second-order valence-corrected chi connectivity index (χ2v) is 4.15. The van der Waals surface area contributed by atoms with Crippen LogP contribution in [0.5, 0.6) is 0 Å². The van der Waals surface area contributed by atoms with E-state index in [0.29, 0.717) is 6.54 Å². The minimum absolute atomic E-state index is 0.0217. The molecule has 1 amide bonds. The van der Waals surface area contributed by atoms with E-state index in [-0.39, 0.29) is 18.1 Å². The second kappa shape index (κ2) is 7.74. The number of nitrogens with zero attached hydrogens (tertiary/aromatic N) is 2. The van der Waals surface area contributed by atoms with Crippen molar-refractivity contribution in [3.63, 3.8) is 0 Å². The quantitative estimate of drug-likeness (QED) is 0.346. The van der Waals surface area contributed by atoms with Crippen molar-refractivity contribution < 1.29 is 9.72 Å². The summed E-state index contributed by atoms with van der Waals surface area (Å²) in [4.78, 5) is 23.5. The van der Waals surface area contributed by atoms with Crippen molar-refractivity contribution in [1.29, 1.82) is 0 Å². The highest BCUT2D eigenvalue weighted by Crippen LogP contribution is 2.13. The Hall–Kier alpha value is -2.61. The monoisotopic (exact) mass is 272 g/mol. The van der Waals surface area contributed by atoms with E-state index >= 15 is 0 Å². The molecule has 1 aromatic carbocycles. The molecule has 0 N–H and O–H groups in total. The van der Waals surface area contributed by atoms with Crippen LogP contribution in [0.2, 0.25) is 0 Å². The van der Waals surface area contributed by atoms with E-state index in [4.69, 9.17) is 6.42 Å². The summed E-state index contributed by atoms with van der Waals surface area (Å²) in [5, 5.41) is 10.5. The van der Waals surface area contributed by atoms with Crippen molar-refractivity contribution >= 4 is 17.7 Å². The van der Waals surface area contributed by atoms with E-state index in [9.17, 15) is 14.9 Å². The summed E-state index contributed by atoms with van der Waals surface area (Å²) < 4.78 is 0. The molecule has 0 unspecified atom stereocenters. The van der Waals surface area contributed by atoms with E-state index in [1.54, 1.807) is 23.1 Å². The average Bonchev–Trinajstić information content (AvgIpc) is 2.45. The Morgan fingerprint density at radius 2 is 2.10 bits per heavy atom. The lowest BCUT2D eigenvalue weighted by molar-refractivity contribution is -0.384. The largest absolute Gasteiger partial charge is 0.328 e. The van der Waals surface area contributed by atoms with Gasteiger partial charge in [-0.15, -0.1) is 6.42 Å². The summed E-state index contributed by atoms with van der Waals surface area (Å²) in [6.07, 6.45) is 9.09. The van der Waals surface area contributed by atoms with Gasteiger partial charge in [0.25, 0.3) is 5.69 Å². The van der Waals surface area contributed by atoms with Crippen LogP contribution in [-0.2, 0) is 4.79 Å². The molecule has 0 bridgehead atoms. The molecule has 0 aliphatic rings. The lowest BCUT2D eigenvalue weighted by Gasteiger charge is -2.16. The molecule has 0 aliphatic heterocycles. The van der Waals surface area contributed by atoms with Crippen molar-refractivity contribution in [2.24, 2.45) is 0 Å². The molecule has 0 saturated carbocycles. The second-order valence-electron chi connectivity index (χ2n) is 4.15. The van der Waals surface area contributed by atoms with Crippen LogP contribution < -0.4 is 0 Å². The SMILES string of the molecule is C#CCN(CCC)C(=O)/C=C/c1ccc([N+](=O)[O-])cc1. The zero-order chi connectivity index (χ0) is 15.0. The third-order valence-corrected chi connectivity index (χ3v) is 2.61. The summed E-state index contributed by atoms with van der Waals surface area (Å²) in [6.45, 7) is 2.85. The standard InChI is InChI=1S/C15H16N2O3/c1-3-11-16(12-4-2)15(18)10-7-13-5-8-14(9-6-13)17(19)20/h1,5-10H,4,11-12H2,2H3/b10-7+. The molecular weight excluding hydrogens is 256 g/mol. The summed E-state index contributed by atoms with van der Waals surface area (Å²) in [5.74, 6) is 2.28. The van der Waals surface area contributed by atoms with Crippen LogP contribution in [-0.4, -0.2) is 28.8 Å². The molecule has 0 spiro atoms. The summed E-state index contributed by atoms with van der Waals surface area (Å²) in [5.41, 5.74) is 0.745. The molecule has 0 aromatic heterocycles. The molecule has 0 radical (unpaired) electrons. The number of hydrogen-bond acceptors (Lipinski definition) is 3. The number of nitro benzene ring substituents is 1. The fraction of sp³-hybridized carbons (Fsp3) is 0.267. The summed E-state index contributed by atoms with van der Waals surface area (Å²) in [7, 11) is 0. The molecular formula is C15H16N2O3. The van der Waals surface area contributed by atoms with Crippen LogP contribution >= 0.6 is 0 Å². The first kappa shape index (κ1) is 15.4. The number of amides is 1. The Labute approximate surface area is 118 Å². The van der Waals surface area contributed by atoms with Crippen molar-refractivity contribution in [3.05, 3.63) is 46.0 Å². The topological polar surface area (TPSA) is 63.5 Å². The van der Waals surface area contributed by atoms with Crippen molar-refractivity contribution in [3.8, 4) is 12.3 Å². The molecule has 0 fully saturated rings. The van der Waals surface area contributed by atoms with E-state index in [2.05, 4.69) is 5.92 Å². The van der Waals surface area contributed by atoms with Crippen LogP contribution in [0.25, 0.3) is 6.08 Å². The minimum atomic E-state index is -0.464. The first-order valence-electron chi connectivity index (χ1n) is 6.23. The highest BCUT2D eigenvalue weighted by atomic mass is 16.6. The van der Waals surface area contributed by atoms with Gasteiger partial charge in [0.2, 0.25) is 5.91 Å². The van der Waals surface area contributed by atoms with Crippen molar-refractivity contribution in [2.75, 3.05) is 13.1 Å². The number of rotatable bonds is 6. The molecule has 1 rings (SSSR count). The van der Waals surface area contributed by atoms with Gasteiger partial charge in [-0.05, 0) is 30.2 Å². The van der Waals surface area contributed by atoms with E-state index in [1.807, 2.05) is 6.92 Å². The highest BCUT2D eigenvalue weighted by Gasteiger charge is 2.07. The molecule has 104 valence electrons. The zero-order valence-corrected chi connectivity index (χ0v) is 11.3. The Morgan fingerprint density at radius 1 is 1.45 bits per heavy atom. The number of carbonyl (C=O) groups excluding carboxylic acids is 1. The van der Waals surface area contributed by atoms with Gasteiger partial charge in [-0.2, -0.15) is 0 Å². The van der Waals surface area contributed by atoms with Crippen LogP contribution in [0, 0.1) is 22.5 Å². The Kier molecular flexibility index (Phi) is 5.98. The zero-order valence-electron chi connectivity index (χ0n) is 11.3.